The zero-order valence-corrected chi connectivity index (χ0v) is 11.3. The van der Waals surface area contributed by atoms with E-state index >= 15 is 0 Å². The van der Waals surface area contributed by atoms with Crippen molar-refractivity contribution >= 4 is 5.97 Å². The van der Waals surface area contributed by atoms with Crippen LogP contribution in [-0.2, 0) is 28.5 Å². The van der Waals surface area contributed by atoms with E-state index in [1.165, 1.54) is 0 Å². The monoisotopic (exact) mass is 272 g/mol. The van der Waals surface area contributed by atoms with Crippen LogP contribution in [0.2, 0.25) is 0 Å². The summed E-state index contributed by atoms with van der Waals surface area (Å²) >= 11 is 0. The smallest absolute Gasteiger partial charge is 0.338 e. The second-order valence-electron chi connectivity index (χ2n) is 5.63. The number of cyclic esters (lactones) is 1. The minimum Gasteiger partial charge on any atom is -0.455 e. The summed E-state index contributed by atoms with van der Waals surface area (Å²) in [4.78, 5) is 11.7. The van der Waals surface area contributed by atoms with Gasteiger partial charge in [0.05, 0.1) is 6.61 Å². The molecule has 3 saturated heterocycles. The van der Waals surface area contributed by atoms with Crippen LogP contribution >= 0.6 is 0 Å². The third-order valence-corrected chi connectivity index (χ3v) is 3.58. The van der Waals surface area contributed by atoms with Gasteiger partial charge in [-0.25, -0.2) is 4.79 Å². The Kier molecular flexibility index (Phi) is 3.51. The van der Waals surface area contributed by atoms with E-state index in [1.807, 2.05) is 0 Å². The minimum atomic E-state index is -0.742. The fourth-order valence-electron chi connectivity index (χ4n) is 2.70. The fraction of sp³-hybridized carbons (Fsp3) is 0.923. The van der Waals surface area contributed by atoms with Gasteiger partial charge in [0.15, 0.2) is 24.3 Å². The van der Waals surface area contributed by atoms with Gasteiger partial charge in [0.25, 0.3) is 0 Å². The van der Waals surface area contributed by atoms with E-state index in [2.05, 4.69) is 0 Å². The van der Waals surface area contributed by atoms with E-state index in [0.29, 0.717) is 0 Å². The van der Waals surface area contributed by atoms with E-state index < -0.39 is 18.0 Å². The normalized spacial score (nSPS) is 41.1. The van der Waals surface area contributed by atoms with Crippen LogP contribution in [0.25, 0.3) is 0 Å². The molecule has 0 aromatic carbocycles. The zero-order valence-electron chi connectivity index (χ0n) is 11.3. The average molecular weight is 272 g/mol. The molecule has 3 heterocycles. The Morgan fingerprint density at radius 1 is 1.32 bits per heavy atom. The molecule has 0 amide bonds. The highest BCUT2D eigenvalue weighted by Gasteiger charge is 2.56. The van der Waals surface area contributed by atoms with Gasteiger partial charge in [-0.1, -0.05) is 0 Å². The van der Waals surface area contributed by atoms with Gasteiger partial charge in [-0.05, 0) is 33.1 Å². The number of rotatable bonds is 3. The van der Waals surface area contributed by atoms with Gasteiger partial charge in [-0.3, -0.25) is 0 Å². The molecule has 3 aliphatic rings. The van der Waals surface area contributed by atoms with Crippen molar-refractivity contribution in [1.82, 2.24) is 0 Å². The molecule has 6 heteroatoms. The number of esters is 1. The van der Waals surface area contributed by atoms with Crippen LogP contribution in [0, 0.1) is 0 Å². The second-order valence-corrected chi connectivity index (χ2v) is 5.63. The van der Waals surface area contributed by atoms with Crippen molar-refractivity contribution in [1.29, 1.82) is 0 Å². The second kappa shape index (κ2) is 5.01. The van der Waals surface area contributed by atoms with Gasteiger partial charge < -0.3 is 23.7 Å². The van der Waals surface area contributed by atoms with Gasteiger partial charge >= 0.3 is 5.97 Å². The van der Waals surface area contributed by atoms with E-state index in [-0.39, 0.29) is 25.0 Å². The number of ether oxygens (including phenoxy) is 5. The molecule has 6 nitrogen and oxygen atoms in total. The van der Waals surface area contributed by atoms with Crippen LogP contribution < -0.4 is 0 Å². The Labute approximate surface area is 112 Å². The van der Waals surface area contributed by atoms with Gasteiger partial charge in [0.1, 0.15) is 6.10 Å². The predicted octanol–water partition coefficient (Wildman–Crippen LogP) is 0.975. The number of fused-ring (bicyclic) bond motifs is 1. The lowest BCUT2D eigenvalue weighted by atomic mass is 10.1. The summed E-state index contributed by atoms with van der Waals surface area (Å²) in [6.45, 7) is 4.60. The highest BCUT2D eigenvalue weighted by molar-refractivity contribution is 5.78. The maximum atomic E-state index is 11.7. The molecule has 0 aliphatic carbocycles. The lowest BCUT2D eigenvalue weighted by Crippen LogP contribution is -2.35. The summed E-state index contributed by atoms with van der Waals surface area (Å²) in [6.07, 6.45) is 1.45. The van der Waals surface area contributed by atoms with Crippen molar-refractivity contribution in [3.05, 3.63) is 0 Å². The first kappa shape index (κ1) is 13.3. The summed E-state index contributed by atoms with van der Waals surface area (Å²) < 4.78 is 27.6. The van der Waals surface area contributed by atoms with Crippen molar-refractivity contribution in [2.75, 3.05) is 13.2 Å². The molecule has 0 aromatic heterocycles. The number of hydrogen-bond acceptors (Lipinski definition) is 6. The number of carbonyl (C=O) groups is 1. The van der Waals surface area contributed by atoms with E-state index in [1.54, 1.807) is 13.8 Å². The van der Waals surface area contributed by atoms with E-state index in [0.717, 1.165) is 25.9 Å². The number of hydrogen-bond donors (Lipinski definition) is 0. The van der Waals surface area contributed by atoms with Crippen molar-refractivity contribution in [3.63, 3.8) is 0 Å². The lowest BCUT2D eigenvalue weighted by molar-refractivity contribution is -0.206. The summed E-state index contributed by atoms with van der Waals surface area (Å²) in [5.74, 6) is -1.11. The molecule has 3 aliphatic heterocycles. The molecule has 4 unspecified atom stereocenters. The molecule has 3 fully saturated rings. The highest BCUT2D eigenvalue weighted by atomic mass is 16.8. The third-order valence-electron chi connectivity index (χ3n) is 3.58. The molecular weight excluding hydrogens is 252 g/mol. The molecule has 0 aromatic rings. The highest BCUT2D eigenvalue weighted by Crippen LogP contribution is 2.36. The fourth-order valence-corrected chi connectivity index (χ4v) is 2.70. The van der Waals surface area contributed by atoms with Crippen molar-refractivity contribution < 1.29 is 28.5 Å². The molecule has 0 spiro atoms. The van der Waals surface area contributed by atoms with Crippen LogP contribution in [0.3, 0.4) is 0 Å². The summed E-state index contributed by atoms with van der Waals surface area (Å²) in [6, 6.07) is 0. The molecule has 108 valence electrons. The molecular formula is C13H20O6. The van der Waals surface area contributed by atoms with E-state index in [9.17, 15) is 4.79 Å². The Morgan fingerprint density at radius 2 is 2.16 bits per heavy atom. The first-order valence-electron chi connectivity index (χ1n) is 6.84. The molecule has 0 radical (unpaired) electrons. The van der Waals surface area contributed by atoms with E-state index in [4.69, 9.17) is 23.7 Å². The van der Waals surface area contributed by atoms with Gasteiger partial charge in [0.2, 0.25) is 0 Å². The maximum Gasteiger partial charge on any atom is 0.338 e. The summed E-state index contributed by atoms with van der Waals surface area (Å²) in [5, 5.41) is 0. The predicted molar refractivity (Wildman–Crippen MR) is 63.2 cm³/mol. The minimum absolute atomic E-state index is 0.193. The number of carbonyl (C=O) groups excluding carboxylic acids is 1. The lowest BCUT2D eigenvalue weighted by Gasteiger charge is -2.25. The first-order chi connectivity index (χ1) is 9.05. The molecule has 3 rings (SSSR count). The van der Waals surface area contributed by atoms with Crippen LogP contribution in [0.4, 0.5) is 0 Å². The Bertz CT molecular complexity index is 349. The summed E-state index contributed by atoms with van der Waals surface area (Å²) in [5.41, 5.74) is 0. The maximum absolute atomic E-state index is 11.7. The Hall–Kier alpha value is -0.690. The van der Waals surface area contributed by atoms with Gasteiger partial charge in [0, 0.05) is 6.61 Å². The van der Waals surface area contributed by atoms with Crippen molar-refractivity contribution in [3.8, 4) is 0 Å². The van der Waals surface area contributed by atoms with Crippen molar-refractivity contribution in [2.24, 2.45) is 0 Å². The quantitative estimate of drug-likeness (QED) is 0.714. The Morgan fingerprint density at radius 3 is 2.89 bits per heavy atom. The first-order valence-corrected chi connectivity index (χ1v) is 6.84. The van der Waals surface area contributed by atoms with Crippen LogP contribution in [0.15, 0.2) is 0 Å². The van der Waals surface area contributed by atoms with Crippen LogP contribution in [0.5, 0.6) is 0 Å². The molecule has 0 saturated carbocycles. The standard InChI is InChI=1S/C13H20O6/c1-13(2)18-10-8(17-12(14)11(10)19-13)7-16-9-5-3-4-6-15-9/h8-11H,3-7H2,1-2H3. The van der Waals surface area contributed by atoms with Crippen LogP contribution in [-0.4, -0.2) is 49.6 Å². The largest absolute Gasteiger partial charge is 0.455 e. The Balaban J connectivity index is 1.55. The van der Waals surface area contributed by atoms with Crippen molar-refractivity contribution in [2.45, 2.75) is 63.5 Å². The average Bonchev–Trinajstić information content (AvgIpc) is 2.84. The topological polar surface area (TPSA) is 63.2 Å². The molecule has 19 heavy (non-hydrogen) atoms. The molecule has 4 atom stereocenters. The summed E-state index contributed by atoms with van der Waals surface area (Å²) in [7, 11) is 0. The van der Waals surface area contributed by atoms with Gasteiger partial charge in [-0.15, -0.1) is 0 Å². The molecule has 0 bridgehead atoms. The molecule has 0 N–H and O–H groups in total. The van der Waals surface area contributed by atoms with Crippen LogP contribution in [0.1, 0.15) is 33.1 Å². The SMILES string of the molecule is CC1(C)OC2C(=O)OC(COC3CCCCO3)C2O1. The third kappa shape index (κ3) is 2.76. The van der Waals surface area contributed by atoms with Gasteiger partial charge in [-0.2, -0.15) is 0 Å². The zero-order chi connectivity index (χ0) is 13.5.